The van der Waals surface area contributed by atoms with Crippen molar-refractivity contribution in [2.24, 2.45) is 0 Å². The second-order valence-electron chi connectivity index (χ2n) is 6.69. The van der Waals surface area contributed by atoms with E-state index in [0.29, 0.717) is 0 Å². The number of rotatable bonds is 11. The SMILES string of the molecule is CCCP(c1c(F)c(F)c(F)c(F)c1F)C(F)(F)C(F)CCCCCCC(F)(F)F. The first-order chi connectivity index (χ1) is 13.8. The maximum absolute atomic E-state index is 14.6. The fourth-order valence-corrected chi connectivity index (χ4v) is 5.21. The Bertz CT molecular complexity index is 673. The standard InChI is InChI=1S/C18H20F11P/c1-2-9-30(16-14(23)12(21)11(20)13(22)15(16)24)18(28,29)10(19)7-5-3-4-6-8-17(25,26)27/h10H,2-9H2,1H3. The topological polar surface area (TPSA) is 0 Å². The molecule has 1 aromatic carbocycles. The van der Waals surface area contributed by atoms with Gasteiger partial charge in [-0.05, 0) is 19.0 Å². The lowest BCUT2D eigenvalue weighted by Crippen LogP contribution is -2.35. The molecule has 174 valence electrons. The van der Waals surface area contributed by atoms with Crippen molar-refractivity contribution in [3.63, 3.8) is 0 Å². The van der Waals surface area contributed by atoms with Crippen LogP contribution in [0.1, 0.15) is 51.9 Å². The zero-order valence-corrected chi connectivity index (χ0v) is 16.7. The smallest absolute Gasteiger partial charge is 0.240 e. The maximum Gasteiger partial charge on any atom is 0.389 e. The van der Waals surface area contributed by atoms with Crippen LogP contribution in [0.3, 0.4) is 0 Å². The first-order valence-electron chi connectivity index (χ1n) is 9.13. The Morgan fingerprint density at radius 3 is 1.67 bits per heavy atom. The molecule has 0 saturated heterocycles. The van der Waals surface area contributed by atoms with Crippen LogP contribution in [-0.4, -0.2) is 24.2 Å². The predicted octanol–water partition coefficient (Wildman–Crippen LogP) is 7.73. The highest BCUT2D eigenvalue weighted by Crippen LogP contribution is 2.56. The molecule has 1 aromatic rings. The van der Waals surface area contributed by atoms with Gasteiger partial charge in [0.15, 0.2) is 29.4 Å². The summed E-state index contributed by atoms with van der Waals surface area (Å²) in [5, 5.41) is -1.71. The fourth-order valence-electron chi connectivity index (χ4n) is 2.81. The molecule has 0 spiro atoms. The van der Waals surface area contributed by atoms with Crippen molar-refractivity contribution in [1.82, 2.24) is 0 Å². The quantitative estimate of drug-likeness (QED) is 0.101. The second-order valence-corrected chi connectivity index (χ2v) is 9.04. The average Bonchev–Trinajstić information content (AvgIpc) is 2.65. The summed E-state index contributed by atoms with van der Waals surface area (Å²) in [4.78, 5) is 0. The van der Waals surface area contributed by atoms with Gasteiger partial charge >= 0.3 is 6.18 Å². The minimum atomic E-state index is -4.39. The van der Waals surface area contributed by atoms with E-state index in [2.05, 4.69) is 0 Å². The Kier molecular flexibility index (Phi) is 9.83. The molecule has 0 N–H and O–H groups in total. The van der Waals surface area contributed by atoms with Crippen molar-refractivity contribution < 1.29 is 48.3 Å². The molecule has 12 heteroatoms. The van der Waals surface area contributed by atoms with Crippen molar-refractivity contribution >= 4 is 13.2 Å². The molecule has 0 heterocycles. The summed E-state index contributed by atoms with van der Waals surface area (Å²) >= 11 is 0. The molecule has 0 aliphatic carbocycles. The highest BCUT2D eigenvalue weighted by molar-refractivity contribution is 7.66. The third-order valence-corrected chi connectivity index (χ3v) is 7.14. The van der Waals surface area contributed by atoms with Gasteiger partial charge in [-0.15, -0.1) is 0 Å². The van der Waals surface area contributed by atoms with E-state index >= 15 is 0 Å². The summed E-state index contributed by atoms with van der Waals surface area (Å²) in [6.45, 7) is 1.32. The molecule has 1 rings (SSSR count). The largest absolute Gasteiger partial charge is 0.389 e. The lowest BCUT2D eigenvalue weighted by molar-refractivity contribution is -0.135. The number of benzene rings is 1. The summed E-state index contributed by atoms with van der Waals surface area (Å²) in [7, 11) is -3.42. The molecule has 2 unspecified atom stereocenters. The molecular formula is C18H20F11P. The van der Waals surface area contributed by atoms with E-state index in [1.807, 2.05) is 0 Å². The average molecular weight is 476 g/mol. The molecule has 0 radical (unpaired) electrons. The van der Waals surface area contributed by atoms with Crippen LogP contribution in [0.15, 0.2) is 0 Å². The van der Waals surface area contributed by atoms with E-state index in [9.17, 15) is 48.3 Å². The monoisotopic (exact) mass is 476 g/mol. The van der Waals surface area contributed by atoms with Crippen LogP contribution in [-0.2, 0) is 0 Å². The molecule has 0 fully saturated rings. The second kappa shape index (κ2) is 11.0. The Morgan fingerprint density at radius 1 is 0.733 bits per heavy atom. The molecule has 0 saturated carbocycles. The van der Waals surface area contributed by atoms with Crippen LogP contribution >= 0.6 is 7.92 Å². The Morgan fingerprint density at radius 2 is 1.20 bits per heavy atom. The molecule has 2 atom stereocenters. The van der Waals surface area contributed by atoms with E-state index in [-0.39, 0.29) is 32.1 Å². The van der Waals surface area contributed by atoms with Crippen LogP contribution in [0.2, 0.25) is 0 Å². The van der Waals surface area contributed by atoms with Gasteiger partial charge in [-0.2, -0.15) is 22.0 Å². The first-order valence-corrected chi connectivity index (χ1v) is 10.7. The van der Waals surface area contributed by atoms with Gasteiger partial charge < -0.3 is 0 Å². The van der Waals surface area contributed by atoms with E-state index in [4.69, 9.17) is 0 Å². The summed E-state index contributed by atoms with van der Waals surface area (Å²) in [6.07, 6.45) is -10.5. The summed E-state index contributed by atoms with van der Waals surface area (Å²) in [5.74, 6) is -12.1. The minimum Gasteiger partial charge on any atom is -0.240 e. The fraction of sp³-hybridized carbons (Fsp3) is 0.667. The van der Waals surface area contributed by atoms with E-state index < -0.39 is 79.3 Å². The summed E-state index contributed by atoms with van der Waals surface area (Å²) < 4.78 is 148. The van der Waals surface area contributed by atoms with Gasteiger partial charge in [0, 0.05) is 14.3 Å². The van der Waals surface area contributed by atoms with Crippen LogP contribution in [0, 0.1) is 29.1 Å². The number of halogens is 11. The zero-order valence-electron chi connectivity index (χ0n) is 15.8. The number of unbranched alkanes of at least 4 members (excludes halogenated alkanes) is 3. The normalized spacial score (nSPS) is 14.8. The van der Waals surface area contributed by atoms with Gasteiger partial charge in [-0.3, -0.25) is 0 Å². The predicted molar refractivity (Wildman–Crippen MR) is 91.5 cm³/mol. The first kappa shape index (κ1) is 26.9. The highest BCUT2D eigenvalue weighted by atomic mass is 31.1. The van der Waals surface area contributed by atoms with Crippen LogP contribution in [0.4, 0.5) is 48.3 Å². The number of hydrogen-bond donors (Lipinski definition) is 0. The van der Waals surface area contributed by atoms with Gasteiger partial charge in [0.2, 0.25) is 5.82 Å². The Balaban J connectivity index is 2.96. The molecule has 0 aromatic heterocycles. The van der Waals surface area contributed by atoms with E-state index in [1.54, 1.807) is 0 Å². The third kappa shape index (κ3) is 6.69. The van der Waals surface area contributed by atoms with Gasteiger partial charge in [0.1, 0.15) is 0 Å². The maximum atomic E-state index is 14.6. The molecule has 0 amide bonds. The van der Waals surface area contributed by atoms with E-state index in [1.165, 1.54) is 6.92 Å². The van der Waals surface area contributed by atoms with Crippen molar-refractivity contribution in [2.75, 3.05) is 6.16 Å². The lowest BCUT2D eigenvalue weighted by atomic mass is 10.1. The van der Waals surface area contributed by atoms with Crippen molar-refractivity contribution in [3.8, 4) is 0 Å². The minimum absolute atomic E-state index is 0.0131. The molecule has 0 nitrogen and oxygen atoms in total. The number of alkyl halides is 6. The van der Waals surface area contributed by atoms with Gasteiger partial charge in [-0.25, -0.2) is 26.3 Å². The summed E-state index contributed by atoms with van der Waals surface area (Å²) in [6, 6.07) is 0. The molecule has 0 aliphatic rings. The Hall–Kier alpha value is -1.12. The highest BCUT2D eigenvalue weighted by Gasteiger charge is 2.50. The molecule has 0 aliphatic heterocycles. The van der Waals surface area contributed by atoms with Crippen LogP contribution in [0.25, 0.3) is 0 Å². The van der Waals surface area contributed by atoms with Gasteiger partial charge in [0.05, 0.1) is 5.30 Å². The van der Waals surface area contributed by atoms with Crippen molar-refractivity contribution in [2.45, 2.75) is 69.9 Å². The molecular weight excluding hydrogens is 456 g/mol. The van der Waals surface area contributed by atoms with Crippen molar-refractivity contribution in [1.29, 1.82) is 0 Å². The van der Waals surface area contributed by atoms with E-state index in [0.717, 1.165) is 0 Å². The van der Waals surface area contributed by atoms with Gasteiger partial charge in [0.25, 0.3) is 5.66 Å². The molecule has 30 heavy (non-hydrogen) atoms. The molecule has 0 bridgehead atoms. The summed E-state index contributed by atoms with van der Waals surface area (Å²) in [5.41, 5.74) is -4.39. The third-order valence-electron chi connectivity index (χ3n) is 4.31. The Labute approximate surface area is 167 Å². The van der Waals surface area contributed by atoms with Crippen LogP contribution < -0.4 is 5.30 Å². The van der Waals surface area contributed by atoms with Crippen LogP contribution in [0.5, 0.6) is 0 Å². The van der Waals surface area contributed by atoms with Gasteiger partial charge in [-0.1, -0.05) is 32.6 Å². The van der Waals surface area contributed by atoms with Crippen molar-refractivity contribution in [3.05, 3.63) is 29.1 Å². The lowest BCUT2D eigenvalue weighted by Gasteiger charge is -2.30. The zero-order chi connectivity index (χ0) is 23.3. The number of hydrogen-bond acceptors (Lipinski definition) is 0.